The van der Waals surface area contributed by atoms with Gasteiger partial charge in [-0.1, -0.05) is 74.4 Å². The van der Waals surface area contributed by atoms with Gasteiger partial charge < -0.3 is 0 Å². The minimum absolute atomic E-state index is 0.808. The van der Waals surface area contributed by atoms with Crippen LogP contribution in [-0.2, 0) is 0 Å². The van der Waals surface area contributed by atoms with Gasteiger partial charge in [-0.25, -0.2) is 0 Å². The molecule has 0 N–H and O–H groups in total. The molecule has 16 heavy (non-hydrogen) atoms. The van der Waals surface area contributed by atoms with Gasteiger partial charge in [0.1, 0.15) is 0 Å². The second kappa shape index (κ2) is 6.26. The van der Waals surface area contributed by atoms with Gasteiger partial charge in [0.2, 0.25) is 0 Å². The van der Waals surface area contributed by atoms with Gasteiger partial charge >= 0.3 is 0 Å². The molecule has 0 aliphatic heterocycles. The molecule has 0 aliphatic rings. The fourth-order valence-corrected chi connectivity index (χ4v) is 4.83. The summed E-state index contributed by atoms with van der Waals surface area (Å²) in [6, 6.07) is 12.1. The Kier molecular flexibility index (Phi) is 5.30. The van der Waals surface area contributed by atoms with Crippen LogP contribution in [0.2, 0.25) is 23.2 Å². The number of hydrogen-bond acceptors (Lipinski definition) is 0. The molecule has 0 amide bonds. The van der Waals surface area contributed by atoms with E-state index in [-0.39, 0.29) is 0 Å². The van der Waals surface area contributed by atoms with Crippen LogP contribution in [-0.4, -0.2) is 8.07 Å². The van der Waals surface area contributed by atoms with Gasteiger partial charge in [-0.05, 0) is 17.7 Å². The van der Waals surface area contributed by atoms with E-state index in [9.17, 15) is 0 Å². The molecule has 1 rings (SSSR count). The van der Waals surface area contributed by atoms with Crippen molar-refractivity contribution in [1.82, 2.24) is 0 Å². The molecule has 1 aromatic carbocycles. The van der Waals surface area contributed by atoms with E-state index in [0.717, 1.165) is 5.02 Å². The molecule has 0 atom stereocenters. The van der Waals surface area contributed by atoms with E-state index in [0.29, 0.717) is 0 Å². The van der Waals surface area contributed by atoms with Crippen molar-refractivity contribution in [3.8, 4) is 0 Å². The second-order valence-corrected chi connectivity index (χ2v) is 9.92. The molecule has 88 valence electrons. The van der Waals surface area contributed by atoms with Crippen LogP contribution in [0.3, 0.4) is 0 Å². The molecule has 1 aromatic rings. The third-order valence-corrected chi connectivity index (χ3v) is 8.96. The first-order valence-corrected chi connectivity index (χ1v) is 9.18. The summed E-state index contributed by atoms with van der Waals surface area (Å²) in [4.78, 5) is 0. The molecule has 0 aromatic heterocycles. The monoisotopic (exact) mass is 252 g/mol. The standard InChI is InChI=1S/C14H21ClSi/c1-4-16(5-2,6-3)12-11-13-7-9-14(15)10-8-13/h7-12H,4-6H2,1-3H3/b12-11+. The Balaban J connectivity index is 2.82. The Hall–Kier alpha value is -0.533. The predicted molar refractivity (Wildman–Crippen MR) is 77.7 cm³/mol. The lowest BCUT2D eigenvalue weighted by Crippen LogP contribution is -2.28. The summed E-state index contributed by atoms with van der Waals surface area (Å²) < 4.78 is 0. The lowest BCUT2D eigenvalue weighted by atomic mass is 10.2. The van der Waals surface area contributed by atoms with Crippen LogP contribution < -0.4 is 0 Å². The fraction of sp³-hybridized carbons (Fsp3) is 0.429. The van der Waals surface area contributed by atoms with Crippen molar-refractivity contribution in [2.45, 2.75) is 38.9 Å². The van der Waals surface area contributed by atoms with Crippen LogP contribution in [0.1, 0.15) is 26.3 Å². The number of rotatable bonds is 5. The van der Waals surface area contributed by atoms with Crippen LogP contribution >= 0.6 is 11.6 Å². The summed E-state index contributed by atoms with van der Waals surface area (Å²) in [5.74, 6) is 0. The molecule has 0 radical (unpaired) electrons. The Labute approximate surface area is 105 Å². The van der Waals surface area contributed by atoms with E-state index in [2.05, 4.69) is 44.7 Å². The molecule has 0 heterocycles. The molecule has 0 saturated heterocycles. The largest absolute Gasteiger partial charge is 0.0936 e. The molecule has 0 nitrogen and oxygen atoms in total. The maximum atomic E-state index is 5.87. The average Bonchev–Trinajstić information content (AvgIpc) is 2.34. The maximum Gasteiger partial charge on any atom is 0.0770 e. The highest BCUT2D eigenvalue weighted by Gasteiger charge is 2.22. The van der Waals surface area contributed by atoms with Crippen molar-refractivity contribution >= 4 is 25.8 Å². The fourth-order valence-electron chi connectivity index (χ4n) is 1.95. The lowest BCUT2D eigenvalue weighted by Gasteiger charge is -2.23. The summed E-state index contributed by atoms with van der Waals surface area (Å²) >= 11 is 5.87. The normalized spacial score (nSPS) is 12.2. The summed E-state index contributed by atoms with van der Waals surface area (Å²) in [5, 5.41) is 0.808. The molecule has 2 heteroatoms. The van der Waals surface area contributed by atoms with Gasteiger partial charge in [-0.2, -0.15) is 0 Å². The van der Waals surface area contributed by atoms with E-state index >= 15 is 0 Å². The Morgan fingerprint density at radius 3 is 1.94 bits per heavy atom. The number of benzene rings is 1. The van der Waals surface area contributed by atoms with E-state index in [1.54, 1.807) is 0 Å². The topological polar surface area (TPSA) is 0 Å². The Bertz CT molecular complexity index is 328. The molecular formula is C14H21ClSi. The SMILES string of the molecule is CC[Si](/C=C/c1ccc(Cl)cc1)(CC)CC. The Morgan fingerprint density at radius 2 is 1.50 bits per heavy atom. The molecule has 0 spiro atoms. The molecule has 0 saturated carbocycles. The van der Waals surface area contributed by atoms with Crippen molar-refractivity contribution in [1.29, 1.82) is 0 Å². The van der Waals surface area contributed by atoms with E-state index in [1.807, 2.05) is 12.1 Å². The first kappa shape index (κ1) is 13.5. The summed E-state index contributed by atoms with van der Waals surface area (Å²) in [7, 11) is -1.13. The van der Waals surface area contributed by atoms with Crippen molar-refractivity contribution < 1.29 is 0 Å². The van der Waals surface area contributed by atoms with Crippen molar-refractivity contribution in [2.75, 3.05) is 0 Å². The van der Waals surface area contributed by atoms with E-state index in [1.165, 1.54) is 23.7 Å². The van der Waals surface area contributed by atoms with Crippen LogP contribution in [0.4, 0.5) is 0 Å². The molecule has 0 unspecified atom stereocenters. The van der Waals surface area contributed by atoms with Gasteiger partial charge in [-0.3, -0.25) is 0 Å². The summed E-state index contributed by atoms with van der Waals surface area (Å²) in [5.41, 5.74) is 3.76. The second-order valence-electron chi connectivity index (χ2n) is 4.31. The molecule has 0 bridgehead atoms. The predicted octanol–water partition coefficient (Wildman–Crippen LogP) is 5.40. The zero-order chi connectivity index (χ0) is 12.0. The van der Waals surface area contributed by atoms with Gasteiger partial charge in [0.25, 0.3) is 0 Å². The smallest absolute Gasteiger partial charge is 0.0770 e. The molecule has 0 fully saturated rings. The minimum Gasteiger partial charge on any atom is -0.0936 e. The van der Waals surface area contributed by atoms with E-state index in [4.69, 9.17) is 11.6 Å². The Morgan fingerprint density at radius 1 is 1.00 bits per heavy atom. The zero-order valence-electron chi connectivity index (χ0n) is 10.5. The quantitative estimate of drug-likeness (QED) is 0.616. The van der Waals surface area contributed by atoms with Gasteiger partial charge in [0, 0.05) is 5.02 Å². The van der Waals surface area contributed by atoms with Crippen LogP contribution in [0.25, 0.3) is 6.08 Å². The maximum absolute atomic E-state index is 5.87. The van der Waals surface area contributed by atoms with Crippen molar-refractivity contribution in [2.24, 2.45) is 0 Å². The third kappa shape index (κ3) is 3.50. The van der Waals surface area contributed by atoms with Crippen LogP contribution in [0.15, 0.2) is 30.0 Å². The number of hydrogen-bond donors (Lipinski definition) is 0. The van der Waals surface area contributed by atoms with Crippen molar-refractivity contribution in [3.63, 3.8) is 0 Å². The van der Waals surface area contributed by atoms with Gasteiger partial charge in [0.15, 0.2) is 0 Å². The molecular weight excluding hydrogens is 232 g/mol. The zero-order valence-corrected chi connectivity index (χ0v) is 12.2. The average molecular weight is 253 g/mol. The summed E-state index contributed by atoms with van der Waals surface area (Å²) in [6.45, 7) is 6.97. The first-order chi connectivity index (χ1) is 7.65. The third-order valence-electron chi connectivity index (χ3n) is 3.61. The minimum atomic E-state index is -1.13. The van der Waals surface area contributed by atoms with E-state index < -0.39 is 8.07 Å². The van der Waals surface area contributed by atoms with Gasteiger partial charge in [0.05, 0.1) is 8.07 Å². The van der Waals surface area contributed by atoms with Crippen molar-refractivity contribution in [3.05, 3.63) is 40.6 Å². The van der Waals surface area contributed by atoms with Crippen LogP contribution in [0, 0.1) is 0 Å². The number of halogens is 1. The highest BCUT2D eigenvalue weighted by atomic mass is 35.5. The highest BCUT2D eigenvalue weighted by Crippen LogP contribution is 2.23. The highest BCUT2D eigenvalue weighted by molar-refractivity contribution is 6.84. The van der Waals surface area contributed by atoms with Gasteiger partial charge in [-0.15, -0.1) is 0 Å². The van der Waals surface area contributed by atoms with Crippen LogP contribution in [0.5, 0.6) is 0 Å². The first-order valence-electron chi connectivity index (χ1n) is 6.10. The molecule has 0 aliphatic carbocycles. The summed E-state index contributed by atoms with van der Waals surface area (Å²) in [6.07, 6.45) is 2.28. The lowest BCUT2D eigenvalue weighted by molar-refractivity contribution is 1.20.